The third kappa shape index (κ3) is 7.59. The number of nitrogens with one attached hydrogen (secondary N) is 2. The molecule has 2 saturated heterocycles. The third-order valence-electron chi connectivity index (χ3n) is 12.7. The van der Waals surface area contributed by atoms with E-state index in [2.05, 4.69) is 15.5 Å². The van der Waals surface area contributed by atoms with Crippen LogP contribution in [0.25, 0.3) is 0 Å². The van der Waals surface area contributed by atoms with E-state index in [1.165, 1.54) is 11.0 Å². The molecule has 0 aliphatic carbocycles. The van der Waals surface area contributed by atoms with Crippen molar-refractivity contribution in [3.05, 3.63) is 119 Å². The van der Waals surface area contributed by atoms with Crippen LogP contribution in [0.4, 0.5) is 43.7 Å². The first-order chi connectivity index (χ1) is 30.1. The highest BCUT2D eigenvalue weighted by molar-refractivity contribution is 6.20. The molecule has 9 rings (SSSR count). The summed E-state index contributed by atoms with van der Waals surface area (Å²) in [6, 6.07) is 26.3. The van der Waals surface area contributed by atoms with Crippen LogP contribution < -0.4 is 20.4 Å². The Morgan fingerprint density at radius 3 is 1.81 bits per heavy atom. The minimum atomic E-state index is -0.698. The van der Waals surface area contributed by atoms with Crippen LogP contribution in [-0.4, -0.2) is 84.0 Å². The van der Waals surface area contributed by atoms with Gasteiger partial charge in [-0.15, -0.1) is 0 Å². The fourth-order valence-corrected chi connectivity index (χ4v) is 9.90. The molecule has 1 unspecified atom stereocenters. The molecule has 0 aromatic heterocycles. The van der Waals surface area contributed by atoms with Crippen LogP contribution in [0, 0.1) is 0 Å². The van der Waals surface area contributed by atoms with E-state index in [-0.39, 0.29) is 37.7 Å². The number of fused-ring (bicyclic) bond motifs is 6. The molecule has 2 N–H and O–H groups in total. The van der Waals surface area contributed by atoms with Gasteiger partial charge >= 0.3 is 12.2 Å². The SMILES string of the molecule is CCOC(=O)Nc1ccc2c(c1)N(C(=O)CN1C(=O)C=C(C3Cc4ccccc4N(C(=O)CN4C5CCC4CC5)c4cc(NC(=O)OCC)ccc43)C1=O)c1ccccc1CC2. The monoisotopic (exact) mass is 836 g/mol. The molecule has 6 amide bonds. The minimum absolute atomic E-state index is 0.139. The van der Waals surface area contributed by atoms with Crippen molar-refractivity contribution >= 4 is 69.9 Å². The number of aryl methyl sites for hydroxylation is 2. The molecule has 5 aliphatic rings. The molecule has 0 saturated carbocycles. The van der Waals surface area contributed by atoms with Crippen molar-refractivity contribution in [3.63, 3.8) is 0 Å². The standard InChI is InChI=1S/C48H48N6O8/c1-3-61-47(59)49-32-16-15-30-14-13-29-9-5-7-11-39(29)53(41(30)24-32)45(57)28-52-43(55)26-38(46(52)58)37-23-31-10-6-8-12-40(31)54(44(56)27-51-34-18-19-35(51)21-20-34)42-25-33(17-22-36(37)42)50-48(60)62-4-2/h5-12,15-17,22,24-26,34-35,37H,3-4,13-14,18-21,23,27-28H2,1-2H3,(H,49,59)(H,50,60). The Morgan fingerprint density at radius 1 is 0.629 bits per heavy atom. The van der Waals surface area contributed by atoms with Crippen molar-refractivity contribution in [3.8, 4) is 0 Å². The van der Waals surface area contributed by atoms with E-state index >= 15 is 0 Å². The lowest BCUT2D eigenvalue weighted by Gasteiger charge is -2.29. The lowest BCUT2D eigenvalue weighted by Crippen LogP contribution is -2.42. The van der Waals surface area contributed by atoms with Crippen LogP contribution in [0.15, 0.2) is 96.6 Å². The predicted octanol–water partition coefficient (Wildman–Crippen LogP) is 7.51. The van der Waals surface area contributed by atoms with Gasteiger partial charge in [-0.25, -0.2) is 9.59 Å². The van der Waals surface area contributed by atoms with E-state index in [4.69, 9.17) is 9.47 Å². The van der Waals surface area contributed by atoms with Crippen LogP contribution in [0.3, 0.4) is 0 Å². The van der Waals surface area contributed by atoms with Crippen molar-refractivity contribution < 1.29 is 38.2 Å². The third-order valence-corrected chi connectivity index (χ3v) is 12.7. The molecule has 0 spiro atoms. The summed E-state index contributed by atoms with van der Waals surface area (Å²) in [4.78, 5) is 89.7. The molecule has 5 aliphatic heterocycles. The maximum atomic E-state index is 14.7. The second-order valence-corrected chi connectivity index (χ2v) is 16.2. The Labute approximate surface area is 359 Å². The van der Waals surface area contributed by atoms with Crippen LogP contribution in [0.2, 0.25) is 0 Å². The summed E-state index contributed by atoms with van der Waals surface area (Å²) >= 11 is 0. The molecular formula is C48H48N6O8. The number of para-hydroxylation sites is 2. The Balaban J connectivity index is 1.06. The summed E-state index contributed by atoms with van der Waals surface area (Å²) in [5.74, 6) is -2.59. The number of carbonyl (C=O) groups excluding carboxylic acids is 6. The highest BCUT2D eigenvalue weighted by Gasteiger charge is 2.44. The van der Waals surface area contributed by atoms with Gasteiger partial charge in [-0.2, -0.15) is 0 Å². The summed E-state index contributed by atoms with van der Waals surface area (Å²) in [5.41, 5.74) is 6.46. The molecule has 0 radical (unpaired) electrons. The van der Waals surface area contributed by atoms with Crippen molar-refractivity contribution in [2.75, 3.05) is 46.7 Å². The fourth-order valence-electron chi connectivity index (χ4n) is 9.90. The van der Waals surface area contributed by atoms with Crippen LogP contribution in [0.1, 0.15) is 67.7 Å². The Kier molecular flexibility index (Phi) is 11.1. The fraction of sp³-hybridized carbons (Fsp3) is 0.333. The number of carbonyl (C=O) groups is 6. The number of amides is 6. The zero-order valence-electron chi connectivity index (χ0n) is 34.7. The lowest BCUT2D eigenvalue weighted by molar-refractivity contribution is -0.140. The summed E-state index contributed by atoms with van der Waals surface area (Å²) in [6.45, 7) is 3.43. The van der Waals surface area contributed by atoms with E-state index in [1.54, 1.807) is 49.1 Å². The Hall–Kier alpha value is -6.80. The number of hydrogen-bond acceptors (Lipinski definition) is 9. The van der Waals surface area contributed by atoms with Gasteiger partial charge in [-0.05, 0) is 117 Å². The van der Waals surface area contributed by atoms with E-state index in [9.17, 15) is 28.8 Å². The van der Waals surface area contributed by atoms with Gasteiger partial charge in [0.25, 0.3) is 17.7 Å². The summed E-state index contributed by atoms with van der Waals surface area (Å²) in [7, 11) is 0. The molecule has 5 heterocycles. The number of anilines is 6. The number of hydrogen-bond donors (Lipinski definition) is 2. The van der Waals surface area contributed by atoms with Crippen molar-refractivity contribution in [2.45, 2.75) is 76.8 Å². The first-order valence-corrected chi connectivity index (χ1v) is 21.4. The summed E-state index contributed by atoms with van der Waals surface area (Å²) in [5, 5.41) is 5.49. The van der Waals surface area contributed by atoms with E-state index < -0.39 is 42.4 Å². The highest BCUT2D eigenvalue weighted by Crippen LogP contribution is 2.47. The zero-order valence-corrected chi connectivity index (χ0v) is 34.7. The predicted molar refractivity (Wildman–Crippen MR) is 233 cm³/mol. The molecule has 14 nitrogen and oxygen atoms in total. The smallest absolute Gasteiger partial charge is 0.411 e. The van der Waals surface area contributed by atoms with Gasteiger partial charge in [-0.3, -0.25) is 49.4 Å². The first-order valence-electron chi connectivity index (χ1n) is 21.4. The summed E-state index contributed by atoms with van der Waals surface area (Å²) < 4.78 is 10.3. The number of imide groups is 1. The molecule has 1 atom stereocenters. The number of nitrogens with zero attached hydrogens (tertiary/aromatic N) is 4. The Morgan fingerprint density at radius 2 is 1.16 bits per heavy atom. The van der Waals surface area contributed by atoms with Crippen molar-refractivity contribution in [1.29, 1.82) is 0 Å². The van der Waals surface area contributed by atoms with Crippen molar-refractivity contribution in [2.24, 2.45) is 0 Å². The number of benzene rings is 4. The molecule has 4 aromatic carbocycles. The maximum absolute atomic E-state index is 14.7. The van der Waals surface area contributed by atoms with Crippen LogP contribution >= 0.6 is 0 Å². The maximum Gasteiger partial charge on any atom is 0.411 e. The minimum Gasteiger partial charge on any atom is -0.450 e. The highest BCUT2D eigenvalue weighted by atomic mass is 16.6. The molecule has 14 heteroatoms. The quantitative estimate of drug-likeness (QED) is 0.163. The van der Waals surface area contributed by atoms with Gasteiger partial charge in [0.05, 0.1) is 42.5 Å². The van der Waals surface area contributed by atoms with Gasteiger partial charge in [-0.1, -0.05) is 48.5 Å². The second kappa shape index (κ2) is 16.9. The molecule has 62 heavy (non-hydrogen) atoms. The number of ether oxygens (including phenoxy) is 2. The van der Waals surface area contributed by atoms with Gasteiger partial charge < -0.3 is 9.47 Å². The number of rotatable bonds is 9. The van der Waals surface area contributed by atoms with E-state index in [0.29, 0.717) is 64.6 Å². The normalized spacial score (nSPS) is 20.0. The van der Waals surface area contributed by atoms with Gasteiger partial charge in [0.2, 0.25) is 5.91 Å². The van der Waals surface area contributed by atoms with Gasteiger partial charge in [0, 0.05) is 41.0 Å². The van der Waals surface area contributed by atoms with E-state index in [0.717, 1.165) is 47.3 Å². The first kappa shape index (κ1) is 40.6. The molecule has 2 fully saturated rings. The van der Waals surface area contributed by atoms with Crippen LogP contribution in [-0.2, 0) is 47.9 Å². The molecule has 318 valence electrons. The van der Waals surface area contributed by atoms with Crippen LogP contribution in [0.5, 0.6) is 0 Å². The Bertz CT molecular complexity index is 2520. The largest absolute Gasteiger partial charge is 0.450 e. The molecule has 4 aromatic rings. The summed E-state index contributed by atoms with van der Waals surface area (Å²) in [6.07, 6.45) is 5.82. The van der Waals surface area contributed by atoms with Gasteiger partial charge in [0.1, 0.15) is 6.54 Å². The lowest BCUT2D eigenvalue weighted by atomic mass is 9.85. The average Bonchev–Trinajstić information content (AvgIpc) is 3.83. The average molecular weight is 837 g/mol. The zero-order chi connectivity index (χ0) is 43.1. The van der Waals surface area contributed by atoms with Gasteiger partial charge in [0.15, 0.2) is 0 Å². The molecular weight excluding hydrogens is 789 g/mol. The second-order valence-electron chi connectivity index (χ2n) is 16.2. The van der Waals surface area contributed by atoms with Crippen molar-refractivity contribution in [1.82, 2.24) is 9.80 Å². The van der Waals surface area contributed by atoms with E-state index in [1.807, 2.05) is 54.6 Å². The topological polar surface area (TPSA) is 158 Å². The molecule has 2 bridgehead atoms.